The topological polar surface area (TPSA) is 37.9 Å². The Hall–Kier alpha value is -1.23. The van der Waals surface area contributed by atoms with Gasteiger partial charge in [-0.2, -0.15) is 0 Å². The van der Waals surface area contributed by atoms with Crippen molar-refractivity contribution in [2.75, 3.05) is 0 Å². The first-order chi connectivity index (χ1) is 9.13. The number of rotatable bonds is 2. The predicted octanol–water partition coefficient (Wildman–Crippen LogP) is 5.42. The highest BCUT2D eigenvalue weighted by Crippen LogP contribution is 2.36. The molecule has 0 spiro atoms. The number of hydrogen-bond acceptors (Lipinski definition) is 2. The van der Waals surface area contributed by atoms with Crippen molar-refractivity contribution < 1.29 is 4.74 Å². The van der Waals surface area contributed by atoms with Crippen LogP contribution in [0.4, 0.5) is 0 Å². The lowest BCUT2D eigenvalue weighted by atomic mass is 10.3. The maximum Gasteiger partial charge on any atom is 0.173 e. The van der Waals surface area contributed by atoms with Crippen molar-refractivity contribution in [1.82, 2.24) is 9.97 Å². The van der Waals surface area contributed by atoms with Gasteiger partial charge in [0.05, 0.1) is 16.9 Å². The Labute approximate surface area is 127 Å². The molecule has 6 heteroatoms. The van der Waals surface area contributed by atoms with Crippen LogP contribution in [-0.2, 0) is 0 Å². The van der Waals surface area contributed by atoms with E-state index in [0.717, 1.165) is 9.99 Å². The lowest BCUT2D eigenvalue weighted by molar-refractivity contribution is 0.487. The smallest absolute Gasteiger partial charge is 0.173 e. The summed E-state index contributed by atoms with van der Waals surface area (Å²) in [6.07, 6.45) is 1.60. The Morgan fingerprint density at radius 2 is 2.00 bits per heavy atom. The Kier molecular flexibility index (Phi) is 3.39. The third-order valence-electron chi connectivity index (χ3n) is 2.55. The summed E-state index contributed by atoms with van der Waals surface area (Å²) >= 11 is 15.5. The monoisotopic (exact) mass is 356 g/mol. The van der Waals surface area contributed by atoms with Crippen LogP contribution < -0.4 is 4.74 Å². The second-order valence-electron chi connectivity index (χ2n) is 3.88. The SMILES string of the molecule is Clc1cc(Br)cc(Oc2c(Cl)ccc3[nH]cnc23)c1. The van der Waals surface area contributed by atoms with E-state index < -0.39 is 0 Å². The zero-order chi connectivity index (χ0) is 13.4. The molecule has 0 atom stereocenters. The second-order valence-corrected chi connectivity index (χ2v) is 5.64. The fourth-order valence-electron chi connectivity index (χ4n) is 1.76. The van der Waals surface area contributed by atoms with E-state index in [1.807, 2.05) is 12.1 Å². The summed E-state index contributed by atoms with van der Waals surface area (Å²) < 4.78 is 6.65. The minimum Gasteiger partial charge on any atom is -0.453 e. The average Bonchev–Trinajstić information content (AvgIpc) is 2.80. The summed E-state index contributed by atoms with van der Waals surface area (Å²) in [6.45, 7) is 0. The molecule has 0 aliphatic heterocycles. The summed E-state index contributed by atoms with van der Waals surface area (Å²) in [5.41, 5.74) is 1.55. The van der Waals surface area contributed by atoms with E-state index in [9.17, 15) is 0 Å². The van der Waals surface area contributed by atoms with Gasteiger partial charge in [0.1, 0.15) is 11.3 Å². The van der Waals surface area contributed by atoms with E-state index in [2.05, 4.69) is 25.9 Å². The fourth-order valence-corrected chi connectivity index (χ4v) is 2.78. The number of nitrogens with one attached hydrogen (secondary N) is 1. The van der Waals surface area contributed by atoms with Gasteiger partial charge in [-0.05, 0) is 30.3 Å². The quantitative estimate of drug-likeness (QED) is 0.664. The van der Waals surface area contributed by atoms with Crippen molar-refractivity contribution in [1.29, 1.82) is 0 Å². The van der Waals surface area contributed by atoms with Crippen molar-refractivity contribution in [3.63, 3.8) is 0 Å². The molecule has 2 aromatic carbocycles. The molecule has 1 heterocycles. The van der Waals surface area contributed by atoms with Crippen LogP contribution in [0, 0.1) is 0 Å². The van der Waals surface area contributed by atoms with Gasteiger partial charge in [0.15, 0.2) is 5.75 Å². The van der Waals surface area contributed by atoms with Crippen LogP contribution in [0.15, 0.2) is 41.1 Å². The number of H-pyrrole nitrogens is 1. The van der Waals surface area contributed by atoms with Gasteiger partial charge in [0, 0.05) is 9.50 Å². The molecule has 1 N–H and O–H groups in total. The van der Waals surface area contributed by atoms with Crippen LogP contribution in [-0.4, -0.2) is 9.97 Å². The minimum atomic E-state index is 0.496. The van der Waals surface area contributed by atoms with Crippen molar-refractivity contribution in [2.45, 2.75) is 0 Å². The molecule has 19 heavy (non-hydrogen) atoms. The molecule has 0 unspecified atom stereocenters. The fraction of sp³-hybridized carbons (Fsp3) is 0. The lowest BCUT2D eigenvalue weighted by Crippen LogP contribution is -1.87. The molecule has 3 rings (SSSR count). The zero-order valence-corrected chi connectivity index (χ0v) is 12.6. The van der Waals surface area contributed by atoms with Gasteiger partial charge in [0.25, 0.3) is 0 Å². The predicted molar refractivity (Wildman–Crippen MR) is 80.3 cm³/mol. The van der Waals surface area contributed by atoms with Gasteiger partial charge in [0.2, 0.25) is 0 Å². The highest BCUT2D eigenvalue weighted by molar-refractivity contribution is 9.10. The Balaban J connectivity index is 2.09. The number of nitrogens with zero attached hydrogens (tertiary/aromatic N) is 1. The van der Waals surface area contributed by atoms with Gasteiger partial charge in [-0.3, -0.25) is 0 Å². The molecule has 96 valence electrons. The second kappa shape index (κ2) is 5.04. The molecule has 0 aliphatic rings. The van der Waals surface area contributed by atoms with Crippen molar-refractivity contribution >= 4 is 50.2 Å². The number of fused-ring (bicyclic) bond motifs is 1. The van der Waals surface area contributed by atoms with Gasteiger partial charge in [-0.15, -0.1) is 0 Å². The Morgan fingerprint density at radius 1 is 1.16 bits per heavy atom. The minimum absolute atomic E-state index is 0.496. The van der Waals surface area contributed by atoms with E-state index in [-0.39, 0.29) is 0 Å². The van der Waals surface area contributed by atoms with Crippen LogP contribution in [0.25, 0.3) is 11.0 Å². The molecular formula is C13H7BrCl2N2O. The van der Waals surface area contributed by atoms with E-state index >= 15 is 0 Å². The molecule has 0 saturated carbocycles. The van der Waals surface area contributed by atoms with Crippen molar-refractivity contribution in [2.24, 2.45) is 0 Å². The maximum absolute atomic E-state index is 6.17. The number of halogens is 3. The van der Waals surface area contributed by atoms with Gasteiger partial charge < -0.3 is 9.72 Å². The van der Waals surface area contributed by atoms with Gasteiger partial charge in [-0.1, -0.05) is 39.1 Å². The third kappa shape index (κ3) is 2.56. The van der Waals surface area contributed by atoms with Gasteiger partial charge >= 0.3 is 0 Å². The number of aromatic nitrogens is 2. The third-order valence-corrected chi connectivity index (χ3v) is 3.53. The maximum atomic E-state index is 6.17. The summed E-state index contributed by atoms with van der Waals surface area (Å²) in [5, 5.41) is 1.07. The average molecular weight is 358 g/mol. The zero-order valence-electron chi connectivity index (χ0n) is 9.45. The first-order valence-electron chi connectivity index (χ1n) is 5.39. The van der Waals surface area contributed by atoms with Crippen molar-refractivity contribution in [3.05, 3.63) is 51.2 Å². The summed E-state index contributed by atoms with van der Waals surface area (Å²) in [7, 11) is 0. The number of imidazole rings is 1. The number of benzene rings is 2. The highest BCUT2D eigenvalue weighted by atomic mass is 79.9. The molecule has 0 aliphatic carbocycles. The van der Waals surface area contributed by atoms with E-state index in [0.29, 0.717) is 27.1 Å². The van der Waals surface area contributed by atoms with Crippen molar-refractivity contribution in [3.8, 4) is 11.5 Å². The standard InChI is InChI=1S/C13H7BrCl2N2O/c14-7-3-8(15)5-9(4-7)19-13-10(16)1-2-11-12(13)18-6-17-11/h1-6H,(H,17,18). The van der Waals surface area contributed by atoms with Crippen LogP contribution in [0.1, 0.15) is 0 Å². The highest BCUT2D eigenvalue weighted by Gasteiger charge is 2.11. The number of hydrogen-bond donors (Lipinski definition) is 1. The largest absolute Gasteiger partial charge is 0.453 e. The molecule has 0 fully saturated rings. The summed E-state index contributed by atoms with van der Waals surface area (Å²) in [5.74, 6) is 1.10. The molecule has 0 bridgehead atoms. The van der Waals surface area contributed by atoms with E-state index in [1.54, 1.807) is 24.5 Å². The van der Waals surface area contributed by atoms with E-state index in [1.165, 1.54) is 0 Å². The molecular weight excluding hydrogens is 351 g/mol. The molecule has 0 saturated heterocycles. The summed E-state index contributed by atoms with van der Waals surface area (Å²) in [6, 6.07) is 8.93. The molecule has 1 aromatic heterocycles. The molecule has 3 nitrogen and oxygen atoms in total. The molecule has 0 amide bonds. The number of aromatic amines is 1. The van der Waals surface area contributed by atoms with Crippen LogP contribution in [0.3, 0.4) is 0 Å². The number of ether oxygens (including phenoxy) is 1. The van der Waals surface area contributed by atoms with Crippen LogP contribution in [0.2, 0.25) is 10.0 Å². The summed E-state index contributed by atoms with van der Waals surface area (Å²) in [4.78, 5) is 7.22. The first kappa shape index (κ1) is 12.8. The first-order valence-corrected chi connectivity index (χ1v) is 6.94. The van der Waals surface area contributed by atoms with E-state index in [4.69, 9.17) is 27.9 Å². The normalized spacial score (nSPS) is 10.9. The molecule has 3 aromatic rings. The Bertz CT molecular complexity index is 737. The van der Waals surface area contributed by atoms with Crippen LogP contribution >= 0.6 is 39.1 Å². The van der Waals surface area contributed by atoms with Crippen LogP contribution in [0.5, 0.6) is 11.5 Å². The Morgan fingerprint density at radius 3 is 2.79 bits per heavy atom. The lowest BCUT2D eigenvalue weighted by Gasteiger charge is -2.09. The molecule has 0 radical (unpaired) electrons. The van der Waals surface area contributed by atoms with Gasteiger partial charge in [-0.25, -0.2) is 4.98 Å².